The number of halogens is 1. The van der Waals surface area contributed by atoms with Gasteiger partial charge in [-0.2, -0.15) is 0 Å². The summed E-state index contributed by atoms with van der Waals surface area (Å²) in [6.07, 6.45) is -0.173. The van der Waals surface area contributed by atoms with Crippen LogP contribution in [0.4, 0.5) is 4.39 Å². The Morgan fingerprint density at radius 3 is 2.55 bits per heavy atom. The molecule has 1 fully saturated rings. The number of morpholine rings is 1. The molecule has 1 amide bonds. The highest BCUT2D eigenvalue weighted by molar-refractivity contribution is 5.94. The maximum Gasteiger partial charge on any atom is 0.257 e. The molecule has 0 aliphatic carbocycles. The highest BCUT2D eigenvalue weighted by Gasteiger charge is 2.31. The molecule has 1 saturated heterocycles. The van der Waals surface area contributed by atoms with Crippen LogP contribution in [-0.2, 0) is 4.74 Å². The molecule has 114 valence electrons. The molecule has 0 aromatic heterocycles. The Bertz CT molecular complexity index is 659. The van der Waals surface area contributed by atoms with Gasteiger partial charge in [0.1, 0.15) is 11.9 Å². The molecule has 2 aromatic carbocycles. The summed E-state index contributed by atoms with van der Waals surface area (Å²) >= 11 is 0. The zero-order valence-electron chi connectivity index (χ0n) is 12.4. The highest BCUT2D eigenvalue weighted by Crippen LogP contribution is 2.26. The van der Waals surface area contributed by atoms with Crippen molar-refractivity contribution in [2.24, 2.45) is 0 Å². The molecule has 0 bridgehead atoms. The van der Waals surface area contributed by atoms with E-state index in [9.17, 15) is 9.18 Å². The standard InChI is InChI=1S/C18H18FNO2/c1-13-12-22-17(14-7-3-2-4-8-14)11-20(13)18(21)15-9-5-6-10-16(15)19/h2-10,13,17H,11-12H2,1H3. The highest BCUT2D eigenvalue weighted by atomic mass is 19.1. The van der Waals surface area contributed by atoms with E-state index in [1.807, 2.05) is 37.3 Å². The third-order valence-electron chi connectivity index (χ3n) is 3.97. The number of nitrogens with zero attached hydrogens (tertiary/aromatic N) is 1. The molecule has 1 heterocycles. The van der Waals surface area contributed by atoms with Gasteiger partial charge in [-0.15, -0.1) is 0 Å². The fourth-order valence-corrected chi connectivity index (χ4v) is 2.70. The fourth-order valence-electron chi connectivity index (χ4n) is 2.70. The van der Waals surface area contributed by atoms with Gasteiger partial charge in [-0.3, -0.25) is 4.79 Å². The summed E-state index contributed by atoms with van der Waals surface area (Å²) in [5.41, 5.74) is 1.14. The van der Waals surface area contributed by atoms with Crippen molar-refractivity contribution in [2.75, 3.05) is 13.2 Å². The topological polar surface area (TPSA) is 29.5 Å². The molecule has 0 saturated carbocycles. The third-order valence-corrected chi connectivity index (χ3v) is 3.97. The summed E-state index contributed by atoms with van der Waals surface area (Å²) in [5.74, 6) is -0.766. The summed E-state index contributed by atoms with van der Waals surface area (Å²) < 4.78 is 19.7. The Morgan fingerprint density at radius 1 is 1.14 bits per heavy atom. The van der Waals surface area contributed by atoms with Crippen molar-refractivity contribution in [1.82, 2.24) is 4.90 Å². The van der Waals surface area contributed by atoms with Gasteiger partial charge >= 0.3 is 0 Å². The first-order chi connectivity index (χ1) is 10.7. The molecule has 3 rings (SSSR count). The number of hydrogen-bond donors (Lipinski definition) is 0. The van der Waals surface area contributed by atoms with Crippen LogP contribution in [0, 0.1) is 5.82 Å². The van der Waals surface area contributed by atoms with E-state index in [1.54, 1.807) is 17.0 Å². The quantitative estimate of drug-likeness (QED) is 0.850. The number of carbonyl (C=O) groups excluding carboxylic acids is 1. The number of amides is 1. The number of ether oxygens (including phenoxy) is 1. The number of hydrogen-bond acceptors (Lipinski definition) is 2. The van der Waals surface area contributed by atoms with Gasteiger partial charge in [-0.1, -0.05) is 42.5 Å². The SMILES string of the molecule is CC1COC(c2ccccc2)CN1C(=O)c1ccccc1F. The van der Waals surface area contributed by atoms with Crippen molar-refractivity contribution >= 4 is 5.91 Å². The van der Waals surface area contributed by atoms with Gasteiger partial charge in [-0.05, 0) is 24.6 Å². The lowest BCUT2D eigenvalue weighted by Gasteiger charge is -2.38. The van der Waals surface area contributed by atoms with Crippen LogP contribution in [0.2, 0.25) is 0 Å². The Balaban J connectivity index is 1.83. The molecule has 1 aliphatic heterocycles. The normalized spacial score (nSPS) is 21.6. The number of rotatable bonds is 2. The second kappa shape index (κ2) is 6.28. The zero-order chi connectivity index (χ0) is 15.5. The van der Waals surface area contributed by atoms with Crippen LogP contribution in [0.3, 0.4) is 0 Å². The second-order valence-electron chi connectivity index (χ2n) is 5.52. The largest absolute Gasteiger partial charge is 0.370 e. The van der Waals surface area contributed by atoms with Crippen LogP contribution >= 0.6 is 0 Å². The van der Waals surface area contributed by atoms with E-state index < -0.39 is 5.82 Å². The first-order valence-corrected chi connectivity index (χ1v) is 7.39. The van der Waals surface area contributed by atoms with Crippen LogP contribution in [0.25, 0.3) is 0 Å². The summed E-state index contributed by atoms with van der Waals surface area (Å²) in [6, 6.07) is 15.8. The molecule has 0 radical (unpaired) electrons. The molecule has 0 N–H and O–H groups in total. The van der Waals surface area contributed by atoms with E-state index in [1.165, 1.54) is 12.1 Å². The maximum absolute atomic E-state index is 13.9. The molecule has 2 atom stereocenters. The van der Waals surface area contributed by atoms with Gasteiger partial charge in [0, 0.05) is 0 Å². The molecule has 2 unspecified atom stereocenters. The Hall–Kier alpha value is -2.20. The van der Waals surface area contributed by atoms with Gasteiger partial charge < -0.3 is 9.64 Å². The van der Waals surface area contributed by atoms with Gasteiger partial charge in [0.15, 0.2) is 0 Å². The van der Waals surface area contributed by atoms with E-state index in [-0.39, 0.29) is 23.6 Å². The molecular formula is C18H18FNO2. The van der Waals surface area contributed by atoms with Gasteiger partial charge in [0.25, 0.3) is 5.91 Å². The Labute approximate surface area is 129 Å². The maximum atomic E-state index is 13.9. The van der Waals surface area contributed by atoms with Crippen molar-refractivity contribution in [2.45, 2.75) is 19.1 Å². The van der Waals surface area contributed by atoms with Crippen molar-refractivity contribution in [3.8, 4) is 0 Å². The van der Waals surface area contributed by atoms with Crippen molar-refractivity contribution in [1.29, 1.82) is 0 Å². The van der Waals surface area contributed by atoms with E-state index >= 15 is 0 Å². The molecular weight excluding hydrogens is 281 g/mol. The smallest absolute Gasteiger partial charge is 0.257 e. The predicted molar refractivity (Wildman–Crippen MR) is 82.0 cm³/mol. The first kappa shape index (κ1) is 14.7. The summed E-state index contributed by atoms with van der Waals surface area (Å²) in [4.78, 5) is 14.3. The lowest BCUT2D eigenvalue weighted by Crippen LogP contribution is -2.48. The number of benzene rings is 2. The molecule has 4 heteroatoms. The summed E-state index contributed by atoms with van der Waals surface area (Å²) in [5, 5.41) is 0. The lowest BCUT2D eigenvalue weighted by molar-refractivity contribution is -0.0488. The van der Waals surface area contributed by atoms with Crippen molar-refractivity contribution in [3.63, 3.8) is 0 Å². The summed E-state index contributed by atoms with van der Waals surface area (Å²) in [6.45, 7) is 2.79. The Kier molecular flexibility index (Phi) is 4.20. The second-order valence-corrected chi connectivity index (χ2v) is 5.52. The third kappa shape index (κ3) is 2.88. The van der Waals surface area contributed by atoms with Crippen molar-refractivity contribution < 1.29 is 13.9 Å². The lowest BCUT2D eigenvalue weighted by atomic mass is 10.0. The summed E-state index contributed by atoms with van der Waals surface area (Å²) in [7, 11) is 0. The van der Waals surface area contributed by atoms with E-state index in [2.05, 4.69) is 0 Å². The molecule has 3 nitrogen and oxygen atoms in total. The average molecular weight is 299 g/mol. The van der Waals surface area contributed by atoms with Crippen LogP contribution < -0.4 is 0 Å². The van der Waals surface area contributed by atoms with Crippen LogP contribution in [0.5, 0.6) is 0 Å². The minimum absolute atomic E-state index is 0.0768. The Morgan fingerprint density at radius 2 is 1.82 bits per heavy atom. The van der Waals surface area contributed by atoms with Crippen LogP contribution in [-0.4, -0.2) is 30.0 Å². The minimum Gasteiger partial charge on any atom is -0.370 e. The monoisotopic (exact) mass is 299 g/mol. The van der Waals surface area contributed by atoms with E-state index in [0.717, 1.165) is 5.56 Å². The van der Waals surface area contributed by atoms with Gasteiger partial charge in [-0.25, -0.2) is 4.39 Å². The average Bonchev–Trinajstić information content (AvgIpc) is 2.56. The zero-order valence-corrected chi connectivity index (χ0v) is 12.4. The first-order valence-electron chi connectivity index (χ1n) is 7.39. The van der Waals surface area contributed by atoms with Crippen LogP contribution in [0.15, 0.2) is 54.6 Å². The molecule has 22 heavy (non-hydrogen) atoms. The van der Waals surface area contributed by atoms with Crippen LogP contribution in [0.1, 0.15) is 28.9 Å². The fraction of sp³-hybridized carbons (Fsp3) is 0.278. The van der Waals surface area contributed by atoms with E-state index in [4.69, 9.17) is 4.74 Å². The molecule has 1 aliphatic rings. The van der Waals surface area contributed by atoms with E-state index in [0.29, 0.717) is 13.2 Å². The van der Waals surface area contributed by atoms with Crippen molar-refractivity contribution in [3.05, 3.63) is 71.5 Å². The van der Waals surface area contributed by atoms with Gasteiger partial charge in [0.05, 0.1) is 24.8 Å². The molecule has 0 spiro atoms. The number of carbonyl (C=O) groups is 1. The predicted octanol–water partition coefficient (Wildman–Crippen LogP) is 3.43. The molecule has 2 aromatic rings. The minimum atomic E-state index is -0.484. The van der Waals surface area contributed by atoms with Gasteiger partial charge in [0.2, 0.25) is 0 Å².